The summed E-state index contributed by atoms with van der Waals surface area (Å²) in [5.74, 6) is -1.81. The molecule has 0 saturated heterocycles. The Morgan fingerprint density at radius 1 is 1.04 bits per heavy atom. The SMILES string of the molecule is C[C@H](OC(=O)Cc1ccc(F)cc1)C(=O)Nc1ccc(C(F)(F)F)cc1. The number of hydrogen-bond donors (Lipinski definition) is 1. The van der Waals surface area contributed by atoms with E-state index in [1.54, 1.807) is 0 Å². The average Bonchev–Trinajstić information content (AvgIpc) is 2.56. The first-order valence-corrected chi connectivity index (χ1v) is 7.57. The van der Waals surface area contributed by atoms with E-state index in [0.717, 1.165) is 24.3 Å². The van der Waals surface area contributed by atoms with E-state index < -0.39 is 35.5 Å². The van der Waals surface area contributed by atoms with Gasteiger partial charge in [0.1, 0.15) is 5.82 Å². The van der Waals surface area contributed by atoms with E-state index in [4.69, 9.17) is 4.74 Å². The first-order chi connectivity index (χ1) is 12.1. The second-order valence-electron chi connectivity index (χ2n) is 5.50. The largest absolute Gasteiger partial charge is 0.452 e. The highest BCUT2D eigenvalue weighted by molar-refractivity contribution is 5.95. The molecule has 0 bridgehead atoms. The lowest BCUT2D eigenvalue weighted by molar-refractivity contribution is -0.152. The average molecular weight is 369 g/mol. The van der Waals surface area contributed by atoms with Crippen LogP contribution in [0.4, 0.5) is 23.2 Å². The third-order valence-electron chi connectivity index (χ3n) is 3.42. The molecule has 1 N–H and O–H groups in total. The van der Waals surface area contributed by atoms with E-state index >= 15 is 0 Å². The number of alkyl halides is 3. The molecule has 0 unspecified atom stereocenters. The standard InChI is InChI=1S/C18H15F4NO3/c1-11(26-16(24)10-12-2-6-14(19)7-3-12)17(25)23-15-8-4-13(5-9-15)18(20,21)22/h2-9,11H,10H2,1H3,(H,23,25)/t11-/m0/s1. The summed E-state index contributed by atoms with van der Waals surface area (Å²) in [5.41, 5.74) is -0.176. The fourth-order valence-corrected chi connectivity index (χ4v) is 2.05. The predicted molar refractivity (Wildman–Crippen MR) is 85.7 cm³/mol. The van der Waals surface area contributed by atoms with E-state index in [1.165, 1.54) is 31.2 Å². The van der Waals surface area contributed by atoms with Gasteiger partial charge in [0.25, 0.3) is 5.91 Å². The number of hydrogen-bond acceptors (Lipinski definition) is 3. The highest BCUT2D eigenvalue weighted by Crippen LogP contribution is 2.29. The molecule has 0 aromatic heterocycles. The van der Waals surface area contributed by atoms with Gasteiger partial charge in [-0.3, -0.25) is 9.59 Å². The Morgan fingerprint density at radius 3 is 2.15 bits per heavy atom. The van der Waals surface area contributed by atoms with E-state index in [9.17, 15) is 27.2 Å². The highest BCUT2D eigenvalue weighted by atomic mass is 19.4. The Balaban J connectivity index is 1.88. The molecule has 1 atom stereocenters. The Hall–Kier alpha value is -2.90. The summed E-state index contributed by atoms with van der Waals surface area (Å²) in [6.07, 6.45) is -5.76. The van der Waals surface area contributed by atoms with Crippen LogP contribution in [0.2, 0.25) is 0 Å². The third-order valence-corrected chi connectivity index (χ3v) is 3.42. The molecule has 8 heteroatoms. The minimum atomic E-state index is -4.47. The summed E-state index contributed by atoms with van der Waals surface area (Å²) in [4.78, 5) is 23.8. The van der Waals surface area contributed by atoms with Crippen LogP contribution in [0.5, 0.6) is 0 Å². The van der Waals surface area contributed by atoms with Crippen molar-refractivity contribution in [2.24, 2.45) is 0 Å². The van der Waals surface area contributed by atoms with Crippen LogP contribution in [0.1, 0.15) is 18.1 Å². The van der Waals surface area contributed by atoms with Crippen molar-refractivity contribution in [3.63, 3.8) is 0 Å². The summed E-state index contributed by atoms with van der Waals surface area (Å²) in [5, 5.41) is 2.36. The number of ether oxygens (including phenoxy) is 1. The van der Waals surface area contributed by atoms with Crippen molar-refractivity contribution in [1.29, 1.82) is 0 Å². The van der Waals surface area contributed by atoms with Crippen LogP contribution in [0.3, 0.4) is 0 Å². The van der Waals surface area contributed by atoms with Gasteiger partial charge in [-0.25, -0.2) is 4.39 Å². The first-order valence-electron chi connectivity index (χ1n) is 7.57. The second kappa shape index (κ2) is 7.99. The Labute approximate surface area is 146 Å². The third kappa shape index (κ3) is 5.58. The number of esters is 1. The summed E-state index contributed by atoms with van der Waals surface area (Å²) >= 11 is 0. The topological polar surface area (TPSA) is 55.4 Å². The lowest BCUT2D eigenvalue weighted by Crippen LogP contribution is -2.30. The number of halogens is 4. The van der Waals surface area contributed by atoms with Gasteiger partial charge >= 0.3 is 12.1 Å². The van der Waals surface area contributed by atoms with Crippen LogP contribution < -0.4 is 5.32 Å². The van der Waals surface area contributed by atoms with E-state index in [2.05, 4.69) is 5.32 Å². The van der Waals surface area contributed by atoms with Crippen molar-refractivity contribution in [3.8, 4) is 0 Å². The van der Waals surface area contributed by atoms with Gasteiger partial charge in [0.2, 0.25) is 0 Å². The number of benzene rings is 2. The molecule has 0 aliphatic carbocycles. The van der Waals surface area contributed by atoms with E-state index in [1.807, 2.05) is 0 Å². The number of anilines is 1. The fraction of sp³-hybridized carbons (Fsp3) is 0.222. The molecule has 0 fully saturated rings. The van der Waals surface area contributed by atoms with Gasteiger partial charge in [-0.1, -0.05) is 12.1 Å². The summed E-state index contributed by atoms with van der Waals surface area (Å²) in [7, 11) is 0. The molecule has 2 aromatic rings. The molecular weight excluding hydrogens is 354 g/mol. The maximum atomic E-state index is 12.8. The lowest BCUT2D eigenvalue weighted by Gasteiger charge is -2.14. The summed E-state index contributed by atoms with van der Waals surface area (Å²) < 4.78 is 55.2. The fourth-order valence-electron chi connectivity index (χ4n) is 2.05. The van der Waals surface area contributed by atoms with Crippen LogP contribution in [-0.4, -0.2) is 18.0 Å². The zero-order valence-corrected chi connectivity index (χ0v) is 13.6. The molecular formula is C18H15F4NO3. The van der Waals surface area contributed by atoms with Gasteiger partial charge in [0, 0.05) is 5.69 Å². The number of carbonyl (C=O) groups excluding carboxylic acids is 2. The maximum Gasteiger partial charge on any atom is 0.416 e. The molecule has 0 radical (unpaired) electrons. The minimum Gasteiger partial charge on any atom is -0.452 e. The monoisotopic (exact) mass is 369 g/mol. The normalized spacial score (nSPS) is 12.3. The number of amides is 1. The molecule has 1 amide bonds. The summed E-state index contributed by atoms with van der Waals surface area (Å²) in [6, 6.07) is 9.11. The maximum absolute atomic E-state index is 12.8. The number of rotatable bonds is 5. The smallest absolute Gasteiger partial charge is 0.416 e. The molecule has 0 heterocycles. The van der Waals surface area contributed by atoms with Gasteiger partial charge in [-0.15, -0.1) is 0 Å². The number of carbonyl (C=O) groups is 2. The Kier molecular flexibility index (Phi) is 5.97. The van der Waals surface area contributed by atoms with Crippen LogP contribution in [0.15, 0.2) is 48.5 Å². The van der Waals surface area contributed by atoms with Gasteiger partial charge in [0.15, 0.2) is 6.10 Å². The molecule has 2 aromatic carbocycles. The van der Waals surface area contributed by atoms with Gasteiger partial charge in [-0.2, -0.15) is 13.2 Å². The van der Waals surface area contributed by atoms with Crippen molar-refractivity contribution < 1.29 is 31.9 Å². The van der Waals surface area contributed by atoms with Crippen molar-refractivity contribution in [3.05, 3.63) is 65.5 Å². The highest BCUT2D eigenvalue weighted by Gasteiger charge is 2.30. The van der Waals surface area contributed by atoms with Gasteiger partial charge < -0.3 is 10.1 Å². The summed E-state index contributed by atoms with van der Waals surface area (Å²) in [6.45, 7) is 1.34. The minimum absolute atomic E-state index is 0.141. The second-order valence-corrected chi connectivity index (χ2v) is 5.50. The van der Waals surface area contributed by atoms with Crippen molar-refractivity contribution >= 4 is 17.6 Å². The Morgan fingerprint density at radius 2 is 1.62 bits per heavy atom. The van der Waals surface area contributed by atoms with Gasteiger partial charge in [0.05, 0.1) is 12.0 Å². The zero-order chi connectivity index (χ0) is 19.3. The molecule has 4 nitrogen and oxygen atoms in total. The quantitative estimate of drug-likeness (QED) is 0.641. The molecule has 0 saturated carbocycles. The molecule has 0 spiro atoms. The molecule has 2 rings (SSSR count). The van der Waals surface area contributed by atoms with E-state index in [-0.39, 0.29) is 12.1 Å². The number of nitrogens with one attached hydrogen (secondary N) is 1. The lowest BCUT2D eigenvalue weighted by atomic mass is 10.1. The molecule has 0 aliphatic heterocycles. The van der Waals surface area contributed by atoms with E-state index in [0.29, 0.717) is 5.56 Å². The van der Waals surface area contributed by atoms with Gasteiger partial charge in [-0.05, 0) is 48.9 Å². The van der Waals surface area contributed by atoms with Crippen molar-refractivity contribution in [2.75, 3.05) is 5.32 Å². The first kappa shape index (κ1) is 19.4. The van der Waals surface area contributed by atoms with Crippen LogP contribution in [0.25, 0.3) is 0 Å². The van der Waals surface area contributed by atoms with Crippen LogP contribution in [0, 0.1) is 5.82 Å². The predicted octanol–water partition coefficient (Wildman–Crippen LogP) is 3.96. The molecule has 26 heavy (non-hydrogen) atoms. The molecule has 0 aliphatic rings. The van der Waals surface area contributed by atoms with Crippen molar-refractivity contribution in [1.82, 2.24) is 0 Å². The Bertz CT molecular complexity index is 771. The zero-order valence-electron chi connectivity index (χ0n) is 13.6. The van der Waals surface area contributed by atoms with Crippen LogP contribution in [-0.2, 0) is 26.9 Å². The van der Waals surface area contributed by atoms with Crippen molar-refractivity contribution in [2.45, 2.75) is 25.6 Å². The van der Waals surface area contributed by atoms with Crippen LogP contribution >= 0.6 is 0 Å². The molecule has 138 valence electrons.